The fourth-order valence-corrected chi connectivity index (χ4v) is 1.66. The van der Waals surface area contributed by atoms with Gasteiger partial charge in [-0.2, -0.15) is 0 Å². The molecule has 0 amide bonds. The lowest BCUT2D eigenvalue weighted by molar-refractivity contribution is 0.392. The molecule has 16 heavy (non-hydrogen) atoms. The van der Waals surface area contributed by atoms with Crippen LogP contribution in [0, 0.1) is 0 Å². The second kappa shape index (κ2) is 4.95. The van der Waals surface area contributed by atoms with E-state index in [2.05, 4.69) is 25.8 Å². The summed E-state index contributed by atoms with van der Waals surface area (Å²) >= 11 is 0. The van der Waals surface area contributed by atoms with Gasteiger partial charge in [-0.1, -0.05) is 39.0 Å². The van der Waals surface area contributed by atoms with Crippen LogP contribution in [0.5, 0.6) is 5.75 Å². The van der Waals surface area contributed by atoms with Crippen molar-refractivity contribution in [3.05, 3.63) is 29.3 Å². The number of methoxy groups -OCH3 is 1. The summed E-state index contributed by atoms with van der Waals surface area (Å²) in [6, 6.07) is 5.90. The zero-order valence-corrected chi connectivity index (χ0v) is 10.2. The van der Waals surface area contributed by atoms with E-state index in [4.69, 9.17) is 4.74 Å². The molecule has 0 fully saturated rings. The number of aliphatic imine (C=N–C) groups is 1. The maximum absolute atomic E-state index is 10.1. The summed E-state index contributed by atoms with van der Waals surface area (Å²) in [5.74, 6) is 0.814. The van der Waals surface area contributed by atoms with Gasteiger partial charge in [0.25, 0.3) is 0 Å². The Morgan fingerprint density at radius 2 is 2.06 bits per heavy atom. The number of rotatable bonds is 3. The van der Waals surface area contributed by atoms with Gasteiger partial charge < -0.3 is 4.74 Å². The molecule has 3 nitrogen and oxygen atoms in total. The van der Waals surface area contributed by atoms with Crippen LogP contribution in [0.1, 0.15) is 31.9 Å². The van der Waals surface area contributed by atoms with Crippen molar-refractivity contribution in [3.63, 3.8) is 0 Å². The average molecular weight is 219 g/mol. The minimum atomic E-state index is 0.00620. The first kappa shape index (κ1) is 12.5. The molecule has 0 bridgehead atoms. The average Bonchev–Trinajstić information content (AvgIpc) is 2.24. The van der Waals surface area contributed by atoms with Crippen LogP contribution in [0.25, 0.3) is 0 Å². The monoisotopic (exact) mass is 219 g/mol. The predicted octanol–water partition coefficient (Wildman–Crippen LogP) is 2.83. The zero-order valence-electron chi connectivity index (χ0n) is 10.2. The molecule has 0 aliphatic carbocycles. The quantitative estimate of drug-likeness (QED) is 0.579. The number of isocyanates is 1. The predicted molar refractivity (Wildman–Crippen MR) is 63.5 cm³/mol. The Bertz CT molecular complexity index is 412. The summed E-state index contributed by atoms with van der Waals surface area (Å²) in [7, 11) is 1.64. The molecule has 0 saturated heterocycles. The van der Waals surface area contributed by atoms with Crippen molar-refractivity contribution in [3.8, 4) is 5.75 Å². The van der Waals surface area contributed by atoms with Gasteiger partial charge in [0.15, 0.2) is 0 Å². The van der Waals surface area contributed by atoms with Crippen LogP contribution in [0.3, 0.4) is 0 Å². The van der Waals surface area contributed by atoms with Gasteiger partial charge in [0.2, 0.25) is 6.08 Å². The van der Waals surface area contributed by atoms with E-state index in [1.54, 1.807) is 13.2 Å². The normalized spacial score (nSPS) is 10.8. The SMILES string of the molecule is COc1c(CN=C=O)cccc1C(C)(C)C. The number of hydrogen-bond donors (Lipinski definition) is 0. The molecule has 1 aromatic rings. The fourth-order valence-electron chi connectivity index (χ4n) is 1.66. The molecule has 0 atom stereocenters. The Balaban J connectivity index is 3.25. The van der Waals surface area contributed by atoms with Crippen molar-refractivity contribution in [2.75, 3.05) is 7.11 Å². The van der Waals surface area contributed by atoms with Gasteiger partial charge in [0.1, 0.15) is 5.75 Å². The lowest BCUT2D eigenvalue weighted by atomic mass is 9.85. The highest BCUT2D eigenvalue weighted by atomic mass is 16.5. The van der Waals surface area contributed by atoms with Crippen LogP contribution in [-0.2, 0) is 16.8 Å². The molecule has 0 unspecified atom stereocenters. The molecule has 0 aliphatic heterocycles. The first-order valence-corrected chi connectivity index (χ1v) is 5.20. The third kappa shape index (κ3) is 2.71. The lowest BCUT2D eigenvalue weighted by Crippen LogP contribution is -2.13. The van der Waals surface area contributed by atoms with E-state index in [9.17, 15) is 4.79 Å². The molecule has 0 aromatic heterocycles. The Labute approximate surface area is 96.2 Å². The Hall–Kier alpha value is -1.60. The molecule has 86 valence electrons. The number of benzene rings is 1. The first-order valence-electron chi connectivity index (χ1n) is 5.20. The molecule has 1 aromatic carbocycles. The molecule has 0 saturated carbocycles. The van der Waals surface area contributed by atoms with E-state index in [-0.39, 0.29) is 5.41 Å². The van der Waals surface area contributed by atoms with Crippen LogP contribution in [0.4, 0.5) is 0 Å². The highest BCUT2D eigenvalue weighted by Gasteiger charge is 2.20. The number of para-hydroxylation sites is 1. The van der Waals surface area contributed by atoms with Crippen molar-refractivity contribution in [2.45, 2.75) is 32.7 Å². The van der Waals surface area contributed by atoms with Crippen LogP contribution in [0.15, 0.2) is 23.2 Å². The molecule has 0 radical (unpaired) electrons. The van der Waals surface area contributed by atoms with Crippen molar-refractivity contribution in [1.29, 1.82) is 0 Å². The first-order chi connectivity index (χ1) is 7.50. The highest BCUT2D eigenvalue weighted by molar-refractivity contribution is 5.46. The summed E-state index contributed by atoms with van der Waals surface area (Å²) in [4.78, 5) is 13.7. The van der Waals surface area contributed by atoms with Crippen molar-refractivity contribution in [1.82, 2.24) is 0 Å². The van der Waals surface area contributed by atoms with Crippen LogP contribution in [0.2, 0.25) is 0 Å². The van der Waals surface area contributed by atoms with Gasteiger partial charge in [-0.3, -0.25) is 0 Å². The smallest absolute Gasteiger partial charge is 0.235 e. The summed E-state index contributed by atoms with van der Waals surface area (Å²) < 4.78 is 5.41. The Kier molecular flexibility index (Phi) is 3.86. The summed E-state index contributed by atoms with van der Waals surface area (Å²) in [5, 5.41) is 0. The molecular formula is C13H17NO2. The number of ether oxygens (including phenoxy) is 1. The van der Waals surface area contributed by atoms with E-state index in [0.29, 0.717) is 6.54 Å². The van der Waals surface area contributed by atoms with Crippen molar-refractivity contribution in [2.24, 2.45) is 4.99 Å². The molecule has 0 N–H and O–H groups in total. The molecule has 0 aliphatic rings. The van der Waals surface area contributed by atoms with Gasteiger partial charge >= 0.3 is 0 Å². The van der Waals surface area contributed by atoms with Crippen LogP contribution in [-0.4, -0.2) is 13.2 Å². The van der Waals surface area contributed by atoms with Crippen LogP contribution < -0.4 is 4.74 Å². The Morgan fingerprint density at radius 3 is 2.56 bits per heavy atom. The van der Waals surface area contributed by atoms with Gasteiger partial charge in [-0.05, 0) is 11.0 Å². The molecule has 3 heteroatoms. The lowest BCUT2D eigenvalue weighted by Gasteiger charge is -2.23. The standard InChI is InChI=1S/C13H17NO2/c1-13(2,3)11-7-5-6-10(8-14-9-15)12(11)16-4/h5-7H,8H2,1-4H3. The summed E-state index contributed by atoms with van der Waals surface area (Å²) in [6.07, 6.45) is 1.55. The van der Waals surface area contributed by atoms with E-state index in [1.807, 2.05) is 18.2 Å². The molecule has 0 heterocycles. The van der Waals surface area contributed by atoms with E-state index < -0.39 is 0 Å². The second-order valence-electron chi connectivity index (χ2n) is 4.66. The number of hydrogen-bond acceptors (Lipinski definition) is 3. The highest BCUT2D eigenvalue weighted by Crippen LogP contribution is 2.34. The second-order valence-corrected chi connectivity index (χ2v) is 4.66. The largest absolute Gasteiger partial charge is 0.496 e. The van der Waals surface area contributed by atoms with Crippen molar-refractivity contribution < 1.29 is 9.53 Å². The molecule has 0 spiro atoms. The number of nitrogens with zero attached hydrogens (tertiary/aromatic N) is 1. The maximum Gasteiger partial charge on any atom is 0.235 e. The molecule has 1 rings (SSSR count). The van der Waals surface area contributed by atoms with Crippen molar-refractivity contribution >= 4 is 6.08 Å². The topological polar surface area (TPSA) is 38.7 Å². The Morgan fingerprint density at radius 1 is 1.38 bits per heavy atom. The van der Waals surface area contributed by atoms with E-state index in [1.165, 1.54) is 0 Å². The third-order valence-corrected chi connectivity index (χ3v) is 2.42. The maximum atomic E-state index is 10.1. The minimum absolute atomic E-state index is 0.00620. The number of carbonyl (C=O) groups excluding carboxylic acids is 1. The van der Waals surface area contributed by atoms with E-state index in [0.717, 1.165) is 16.9 Å². The van der Waals surface area contributed by atoms with Gasteiger partial charge in [0.05, 0.1) is 13.7 Å². The zero-order chi connectivity index (χ0) is 12.2. The summed E-state index contributed by atoms with van der Waals surface area (Å²) in [5.41, 5.74) is 2.04. The van der Waals surface area contributed by atoms with Crippen LogP contribution >= 0.6 is 0 Å². The van der Waals surface area contributed by atoms with Gasteiger partial charge in [-0.15, -0.1) is 0 Å². The van der Waals surface area contributed by atoms with Gasteiger partial charge in [0, 0.05) is 5.56 Å². The van der Waals surface area contributed by atoms with E-state index >= 15 is 0 Å². The summed E-state index contributed by atoms with van der Waals surface area (Å²) in [6.45, 7) is 6.68. The van der Waals surface area contributed by atoms with Gasteiger partial charge in [-0.25, -0.2) is 9.79 Å². The molecular weight excluding hydrogens is 202 g/mol. The minimum Gasteiger partial charge on any atom is -0.496 e. The fraction of sp³-hybridized carbons (Fsp3) is 0.462. The third-order valence-electron chi connectivity index (χ3n) is 2.42.